The Kier molecular flexibility index (Phi) is 7.85. The van der Waals surface area contributed by atoms with Crippen LogP contribution in [0.4, 0.5) is 4.39 Å². The van der Waals surface area contributed by atoms with Crippen molar-refractivity contribution in [1.82, 2.24) is 21.3 Å². The van der Waals surface area contributed by atoms with Gasteiger partial charge in [0.2, 0.25) is 11.8 Å². The Morgan fingerprint density at radius 3 is 2.55 bits per heavy atom. The molecule has 2 aromatic rings. The number of hydrogen-bond donors (Lipinski definition) is 5. The molecule has 0 aliphatic carbocycles. The maximum atomic E-state index is 13.0. The van der Waals surface area contributed by atoms with Gasteiger partial charge in [-0.2, -0.15) is 0 Å². The van der Waals surface area contributed by atoms with Crippen LogP contribution in [-0.4, -0.2) is 41.2 Å². The summed E-state index contributed by atoms with van der Waals surface area (Å²) in [6.07, 6.45) is -0.873. The van der Waals surface area contributed by atoms with E-state index in [9.17, 15) is 18.8 Å². The lowest BCUT2D eigenvalue weighted by molar-refractivity contribution is -0.126. The smallest absolute Gasteiger partial charge is 0.252 e. The van der Waals surface area contributed by atoms with E-state index in [1.54, 1.807) is 12.1 Å². The fourth-order valence-electron chi connectivity index (χ4n) is 2.81. The van der Waals surface area contributed by atoms with Crippen LogP contribution in [-0.2, 0) is 16.1 Å². The van der Waals surface area contributed by atoms with E-state index in [1.165, 1.54) is 12.1 Å². The molecule has 2 aromatic carbocycles. The van der Waals surface area contributed by atoms with Crippen LogP contribution < -0.4 is 27.0 Å². The molecular formula is C20H21ClFN5O3S. The molecule has 3 atom stereocenters. The minimum absolute atomic E-state index is 0.0712. The Balaban J connectivity index is 1.45. The van der Waals surface area contributed by atoms with Crippen LogP contribution in [0.15, 0.2) is 48.5 Å². The molecule has 8 nitrogen and oxygen atoms in total. The molecule has 1 aliphatic heterocycles. The molecule has 0 bridgehead atoms. The lowest BCUT2D eigenvalue weighted by Crippen LogP contribution is -2.70. The van der Waals surface area contributed by atoms with E-state index in [0.29, 0.717) is 11.6 Å². The van der Waals surface area contributed by atoms with Gasteiger partial charge in [-0.1, -0.05) is 29.8 Å². The highest BCUT2D eigenvalue weighted by atomic mass is 35.5. The third kappa shape index (κ3) is 6.41. The van der Waals surface area contributed by atoms with Gasteiger partial charge in [-0.15, -0.1) is 11.8 Å². The van der Waals surface area contributed by atoms with E-state index in [2.05, 4.69) is 21.3 Å². The van der Waals surface area contributed by atoms with Gasteiger partial charge < -0.3 is 21.7 Å². The predicted molar refractivity (Wildman–Crippen MR) is 116 cm³/mol. The molecule has 1 aliphatic rings. The Bertz CT molecular complexity index is 962. The van der Waals surface area contributed by atoms with Gasteiger partial charge in [0.15, 0.2) is 0 Å². The molecule has 1 heterocycles. The fourth-order valence-corrected chi connectivity index (χ4v) is 3.89. The minimum atomic E-state index is -1.02. The Morgan fingerprint density at radius 2 is 1.87 bits per heavy atom. The number of halogens is 2. The topological polar surface area (TPSA) is 125 Å². The molecule has 0 spiro atoms. The van der Waals surface area contributed by atoms with Gasteiger partial charge >= 0.3 is 0 Å². The summed E-state index contributed by atoms with van der Waals surface area (Å²) in [5, 5.41) is 11.4. The van der Waals surface area contributed by atoms with Crippen molar-refractivity contribution in [2.75, 3.05) is 5.75 Å². The summed E-state index contributed by atoms with van der Waals surface area (Å²) in [6.45, 7) is 0.292. The van der Waals surface area contributed by atoms with Gasteiger partial charge in [0.05, 0.1) is 11.9 Å². The summed E-state index contributed by atoms with van der Waals surface area (Å²) >= 11 is 7.21. The van der Waals surface area contributed by atoms with Crippen molar-refractivity contribution < 1.29 is 18.8 Å². The molecule has 0 aromatic heterocycles. The first-order valence-electron chi connectivity index (χ1n) is 9.33. The van der Waals surface area contributed by atoms with Gasteiger partial charge in [0.1, 0.15) is 17.4 Å². The van der Waals surface area contributed by atoms with Crippen LogP contribution in [0.3, 0.4) is 0 Å². The molecule has 1 fully saturated rings. The van der Waals surface area contributed by atoms with Crippen LogP contribution in [0.2, 0.25) is 5.02 Å². The molecular weight excluding hydrogens is 445 g/mol. The molecule has 11 heteroatoms. The lowest BCUT2D eigenvalue weighted by atomic mass is 10.1. The first kappa shape index (κ1) is 23.0. The average Bonchev–Trinajstić information content (AvgIpc) is 2.74. The van der Waals surface area contributed by atoms with Crippen LogP contribution in [0, 0.1) is 5.82 Å². The number of hydrogen-bond acceptors (Lipinski definition) is 6. The normalized spacial score (nSPS) is 20.6. The number of amides is 3. The number of nitrogens with one attached hydrogen (secondary N) is 4. The van der Waals surface area contributed by atoms with Crippen molar-refractivity contribution in [3.05, 3.63) is 70.5 Å². The van der Waals surface area contributed by atoms with E-state index in [-0.39, 0.29) is 17.2 Å². The van der Waals surface area contributed by atoms with Crippen molar-refractivity contribution in [3.8, 4) is 0 Å². The summed E-state index contributed by atoms with van der Waals surface area (Å²) in [7, 11) is 0. The molecule has 6 N–H and O–H groups in total. The van der Waals surface area contributed by atoms with Gasteiger partial charge in [0.25, 0.3) is 5.91 Å². The number of carbonyl (C=O) groups is 3. The highest BCUT2D eigenvalue weighted by Crippen LogP contribution is 2.15. The second-order valence-electron chi connectivity index (χ2n) is 6.72. The van der Waals surface area contributed by atoms with Gasteiger partial charge in [-0.3, -0.25) is 19.7 Å². The van der Waals surface area contributed by atoms with Gasteiger partial charge in [-0.25, -0.2) is 4.39 Å². The van der Waals surface area contributed by atoms with E-state index in [0.717, 1.165) is 29.5 Å². The molecule has 31 heavy (non-hydrogen) atoms. The molecule has 3 rings (SSSR count). The summed E-state index contributed by atoms with van der Waals surface area (Å²) < 4.78 is 13.0. The number of thioether (sulfide) groups is 1. The minimum Gasteiger partial charge on any atom is -0.351 e. The molecule has 3 amide bonds. The van der Waals surface area contributed by atoms with Crippen molar-refractivity contribution in [1.29, 1.82) is 0 Å². The third-order valence-corrected chi connectivity index (χ3v) is 5.85. The van der Waals surface area contributed by atoms with Crippen LogP contribution in [0.1, 0.15) is 15.9 Å². The summed E-state index contributed by atoms with van der Waals surface area (Å²) in [6, 6.07) is 11.1. The average molecular weight is 466 g/mol. The zero-order valence-corrected chi connectivity index (χ0v) is 17.8. The van der Waals surface area contributed by atoms with E-state index >= 15 is 0 Å². The largest absolute Gasteiger partial charge is 0.351 e. The second kappa shape index (κ2) is 10.6. The molecule has 3 unspecified atom stereocenters. The Labute approximate surface area is 187 Å². The Hall–Kier alpha value is -2.66. The summed E-state index contributed by atoms with van der Waals surface area (Å²) in [4.78, 5) is 36.7. The van der Waals surface area contributed by atoms with E-state index in [1.807, 2.05) is 12.1 Å². The maximum absolute atomic E-state index is 13.0. The zero-order chi connectivity index (χ0) is 22.4. The Morgan fingerprint density at radius 1 is 1.16 bits per heavy atom. The molecule has 0 radical (unpaired) electrons. The highest BCUT2D eigenvalue weighted by Gasteiger charge is 2.35. The second-order valence-corrected chi connectivity index (χ2v) is 8.22. The fraction of sp³-hybridized carbons (Fsp3) is 0.250. The standard InChI is InChI=1S/C20H21ClFN5O3S/c21-14-4-2-1-3-12(14)9-24-15(28)10-31-20-26-17(23)16(19(30)27-20)25-18(29)11-5-7-13(22)8-6-11/h1-8,16-17,20,26H,9-10,23H2,(H,24,28)(H,25,29)(H,27,30). The quantitative estimate of drug-likeness (QED) is 0.414. The summed E-state index contributed by atoms with van der Waals surface area (Å²) in [5.74, 6) is -1.68. The predicted octanol–water partition coefficient (Wildman–Crippen LogP) is 0.915. The number of benzene rings is 2. The molecule has 1 saturated heterocycles. The molecule has 164 valence electrons. The van der Waals surface area contributed by atoms with E-state index in [4.69, 9.17) is 17.3 Å². The highest BCUT2D eigenvalue weighted by molar-refractivity contribution is 8.00. The van der Waals surface area contributed by atoms with E-state index < -0.39 is 35.3 Å². The summed E-state index contributed by atoms with van der Waals surface area (Å²) in [5.41, 5.74) is 6.39. The monoisotopic (exact) mass is 465 g/mol. The first-order chi connectivity index (χ1) is 14.8. The van der Waals surface area contributed by atoms with Crippen molar-refractivity contribution in [3.63, 3.8) is 0 Å². The van der Waals surface area contributed by atoms with Gasteiger partial charge in [-0.05, 0) is 35.9 Å². The SMILES string of the molecule is NC1NC(SCC(=O)NCc2ccccc2Cl)NC(=O)C1NC(=O)c1ccc(F)cc1. The number of carbonyl (C=O) groups excluding carboxylic acids is 3. The van der Waals surface area contributed by atoms with Crippen LogP contribution in [0.25, 0.3) is 0 Å². The lowest BCUT2D eigenvalue weighted by Gasteiger charge is -2.35. The number of rotatable bonds is 7. The first-order valence-corrected chi connectivity index (χ1v) is 10.8. The van der Waals surface area contributed by atoms with Crippen molar-refractivity contribution in [2.45, 2.75) is 24.3 Å². The third-order valence-electron chi connectivity index (χ3n) is 4.47. The zero-order valence-electron chi connectivity index (χ0n) is 16.2. The molecule has 0 saturated carbocycles. The van der Waals surface area contributed by atoms with Crippen molar-refractivity contribution >= 4 is 41.1 Å². The van der Waals surface area contributed by atoms with Gasteiger partial charge in [0, 0.05) is 17.1 Å². The van der Waals surface area contributed by atoms with Crippen molar-refractivity contribution in [2.24, 2.45) is 5.73 Å². The number of nitrogens with two attached hydrogens (primary N) is 1. The van der Waals surface area contributed by atoms with Crippen LogP contribution in [0.5, 0.6) is 0 Å². The maximum Gasteiger partial charge on any atom is 0.252 e. The van der Waals surface area contributed by atoms with Crippen LogP contribution >= 0.6 is 23.4 Å².